The summed E-state index contributed by atoms with van der Waals surface area (Å²) in [6, 6.07) is 5.46. The van der Waals surface area contributed by atoms with Crippen LogP contribution in [0.3, 0.4) is 0 Å². The molecule has 0 atom stereocenters. The number of amides is 1. The van der Waals surface area contributed by atoms with Gasteiger partial charge in [0.25, 0.3) is 5.91 Å². The van der Waals surface area contributed by atoms with Gasteiger partial charge in [-0.1, -0.05) is 17.7 Å². The molecule has 2 aromatic rings. The molecule has 5 nitrogen and oxygen atoms in total. The monoisotopic (exact) mass is 308 g/mol. The summed E-state index contributed by atoms with van der Waals surface area (Å²) in [5.74, 6) is -1.01. The minimum Gasteiger partial charge on any atom is -0.464 e. The first-order valence-electron chi connectivity index (χ1n) is 6.21. The number of nitrogens with zero attached hydrogens (tertiary/aromatic N) is 1. The van der Waals surface area contributed by atoms with Crippen LogP contribution < -0.4 is 5.32 Å². The SMILES string of the molecule is O=C1NCCc2c1cc(-c1c(F)cccc1Cl)n2C(=O)O. The third-order valence-electron chi connectivity index (χ3n) is 3.40. The molecule has 2 N–H and O–H groups in total. The highest BCUT2D eigenvalue weighted by molar-refractivity contribution is 6.33. The van der Waals surface area contributed by atoms with Crippen molar-refractivity contribution in [1.29, 1.82) is 0 Å². The van der Waals surface area contributed by atoms with Gasteiger partial charge in [-0.2, -0.15) is 0 Å². The number of carbonyl (C=O) groups excluding carboxylic acids is 1. The third kappa shape index (κ3) is 2.08. The molecule has 0 bridgehead atoms. The molecule has 2 heterocycles. The predicted molar refractivity (Wildman–Crippen MR) is 74.3 cm³/mol. The van der Waals surface area contributed by atoms with Crippen LogP contribution in [0.15, 0.2) is 24.3 Å². The van der Waals surface area contributed by atoms with Gasteiger partial charge in [0, 0.05) is 18.7 Å². The first-order chi connectivity index (χ1) is 10.0. The molecule has 0 unspecified atom stereocenters. The van der Waals surface area contributed by atoms with Crippen LogP contribution in [0.25, 0.3) is 11.3 Å². The number of halogens is 2. The first kappa shape index (κ1) is 13.6. The molecule has 1 aliphatic heterocycles. The quantitative estimate of drug-likeness (QED) is 0.851. The van der Waals surface area contributed by atoms with Crippen molar-refractivity contribution in [3.8, 4) is 11.3 Å². The molecule has 0 aliphatic carbocycles. The highest BCUT2D eigenvalue weighted by Crippen LogP contribution is 2.34. The Morgan fingerprint density at radius 1 is 1.43 bits per heavy atom. The van der Waals surface area contributed by atoms with E-state index >= 15 is 0 Å². The topological polar surface area (TPSA) is 71.3 Å². The Hall–Kier alpha value is -2.34. The fourth-order valence-electron chi connectivity index (χ4n) is 2.53. The number of rotatable bonds is 1. The van der Waals surface area contributed by atoms with E-state index in [4.69, 9.17) is 11.6 Å². The van der Waals surface area contributed by atoms with Gasteiger partial charge in [-0.25, -0.2) is 13.8 Å². The molecule has 1 aromatic carbocycles. The van der Waals surface area contributed by atoms with Crippen molar-refractivity contribution in [3.63, 3.8) is 0 Å². The molecule has 1 amide bonds. The van der Waals surface area contributed by atoms with Crippen LogP contribution in [0.1, 0.15) is 16.1 Å². The lowest BCUT2D eigenvalue weighted by molar-refractivity contribution is 0.0945. The summed E-state index contributed by atoms with van der Waals surface area (Å²) < 4.78 is 15.0. The fraction of sp³-hybridized carbons (Fsp3) is 0.143. The third-order valence-corrected chi connectivity index (χ3v) is 3.72. The molecule has 0 radical (unpaired) electrons. The molecule has 0 saturated heterocycles. The maximum absolute atomic E-state index is 14.0. The summed E-state index contributed by atoms with van der Waals surface area (Å²) in [6.45, 7) is 0.341. The minimum atomic E-state index is -1.28. The van der Waals surface area contributed by atoms with E-state index in [9.17, 15) is 19.1 Å². The summed E-state index contributed by atoms with van der Waals surface area (Å²) in [6.07, 6.45) is -0.917. The summed E-state index contributed by atoms with van der Waals surface area (Å²) >= 11 is 5.99. The van der Waals surface area contributed by atoms with Gasteiger partial charge >= 0.3 is 6.09 Å². The molecular weight excluding hydrogens is 299 g/mol. The Balaban J connectivity index is 2.33. The zero-order valence-corrected chi connectivity index (χ0v) is 11.4. The second-order valence-electron chi connectivity index (χ2n) is 4.61. The lowest BCUT2D eigenvalue weighted by Gasteiger charge is -2.14. The average molecular weight is 309 g/mol. The standard InChI is InChI=1S/C14H10ClFN2O3/c15-8-2-1-3-9(16)12(8)11-6-7-10(18(11)14(20)21)4-5-17-13(7)19/h1-3,6H,4-5H2,(H,17,19)(H,20,21). The maximum Gasteiger partial charge on any atom is 0.416 e. The summed E-state index contributed by atoms with van der Waals surface area (Å²) in [7, 11) is 0. The van der Waals surface area contributed by atoms with Crippen LogP contribution in [0.5, 0.6) is 0 Å². The van der Waals surface area contributed by atoms with Gasteiger partial charge in [-0.3, -0.25) is 4.79 Å². The largest absolute Gasteiger partial charge is 0.464 e. The van der Waals surface area contributed by atoms with Gasteiger partial charge < -0.3 is 10.4 Å². The highest BCUT2D eigenvalue weighted by Gasteiger charge is 2.28. The van der Waals surface area contributed by atoms with Gasteiger partial charge in [0.2, 0.25) is 0 Å². The number of carbonyl (C=O) groups is 2. The van der Waals surface area contributed by atoms with Gasteiger partial charge in [-0.05, 0) is 18.2 Å². The Kier molecular flexibility index (Phi) is 3.17. The molecule has 21 heavy (non-hydrogen) atoms. The Morgan fingerprint density at radius 3 is 2.86 bits per heavy atom. The average Bonchev–Trinajstić information content (AvgIpc) is 2.79. The van der Waals surface area contributed by atoms with E-state index < -0.39 is 11.9 Å². The maximum atomic E-state index is 14.0. The predicted octanol–water partition coefficient (Wildman–Crippen LogP) is 2.76. The molecule has 7 heteroatoms. The molecule has 3 rings (SSSR count). The van der Waals surface area contributed by atoms with Crippen molar-refractivity contribution < 1.29 is 19.1 Å². The molecule has 1 aromatic heterocycles. The number of nitrogens with one attached hydrogen (secondary N) is 1. The number of fused-ring (bicyclic) bond motifs is 1. The van der Waals surface area contributed by atoms with E-state index in [1.165, 1.54) is 24.3 Å². The second-order valence-corrected chi connectivity index (χ2v) is 5.02. The number of hydrogen-bond donors (Lipinski definition) is 2. The number of hydrogen-bond acceptors (Lipinski definition) is 2. The van der Waals surface area contributed by atoms with Gasteiger partial charge in [0.15, 0.2) is 0 Å². The molecule has 0 saturated carbocycles. The minimum absolute atomic E-state index is 0.0243. The smallest absolute Gasteiger partial charge is 0.416 e. The fourth-order valence-corrected chi connectivity index (χ4v) is 2.79. The number of benzene rings is 1. The van der Waals surface area contributed by atoms with Crippen molar-refractivity contribution in [1.82, 2.24) is 9.88 Å². The zero-order chi connectivity index (χ0) is 15.1. The molecule has 0 fully saturated rings. The van der Waals surface area contributed by atoms with Crippen molar-refractivity contribution >= 4 is 23.6 Å². The van der Waals surface area contributed by atoms with Crippen LogP contribution in [0, 0.1) is 5.82 Å². The lowest BCUT2D eigenvalue weighted by Crippen LogP contribution is -2.32. The van der Waals surface area contributed by atoms with E-state index in [0.29, 0.717) is 18.7 Å². The van der Waals surface area contributed by atoms with Crippen LogP contribution in [0.2, 0.25) is 5.02 Å². The van der Waals surface area contributed by atoms with Crippen LogP contribution in [-0.2, 0) is 6.42 Å². The van der Waals surface area contributed by atoms with E-state index in [-0.39, 0.29) is 27.8 Å². The summed E-state index contributed by atoms with van der Waals surface area (Å²) in [5.41, 5.74) is 0.620. The molecule has 1 aliphatic rings. The number of aromatic nitrogens is 1. The van der Waals surface area contributed by atoms with E-state index in [0.717, 1.165) is 4.57 Å². The van der Waals surface area contributed by atoms with Crippen LogP contribution >= 0.6 is 11.6 Å². The Labute approximate surface area is 123 Å². The van der Waals surface area contributed by atoms with Crippen molar-refractivity contribution in [2.24, 2.45) is 0 Å². The van der Waals surface area contributed by atoms with Crippen molar-refractivity contribution in [2.45, 2.75) is 6.42 Å². The molecule has 108 valence electrons. The lowest BCUT2D eigenvalue weighted by atomic mass is 10.1. The van der Waals surface area contributed by atoms with Gasteiger partial charge in [-0.15, -0.1) is 0 Å². The normalized spacial score (nSPS) is 13.7. The second kappa shape index (κ2) is 4.89. The van der Waals surface area contributed by atoms with Crippen LogP contribution in [0.4, 0.5) is 9.18 Å². The van der Waals surface area contributed by atoms with E-state index in [1.807, 2.05) is 0 Å². The number of carboxylic acid groups (broad SMARTS) is 1. The van der Waals surface area contributed by atoms with Crippen molar-refractivity contribution in [2.75, 3.05) is 6.54 Å². The van der Waals surface area contributed by atoms with Crippen molar-refractivity contribution in [3.05, 3.63) is 46.4 Å². The van der Waals surface area contributed by atoms with E-state index in [2.05, 4.69) is 5.32 Å². The summed E-state index contributed by atoms with van der Waals surface area (Å²) in [5, 5.41) is 12.1. The van der Waals surface area contributed by atoms with Gasteiger partial charge in [0.05, 0.1) is 21.8 Å². The zero-order valence-electron chi connectivity index (χ0n) is 10.7. The Morgan fingerprint density at radius 2 is 2.19 bits per heavy atom. The van der Waals surface area contributed by atoms with E-state index in [1.54, 1.807) is 0 Å². The van der Waals surface area contributed by atoms with Gasteiger partial charge in [0.1, 0.15) is 5.82 Å². The van der Waals surface area contributed by atoms with Crippen LogP contribution in [-0.4, -0.2) is 28.2 Å². The molecular formula is C14H10ClFN2O3. The summed E-state index contributed by atoms with van der Waals surface area (Å²) in [4.78, 5) is 23.4. The Bertz CT molecular complexity index is 750. The highest BCUT2D eigenvalue weighted by atomic mass is 35.5. The first-order valence-corrected chi connectivity index (χ1v) is 6.59. The molecule has 0 spiro atoms.